The quantitative estimate of drug-likeness (QED) is 0.791. The summed E-state index contributed by atoms with van der Waals surface area (Å²) >= 11 is 5.93. The van der Waals surface area contributed by atoms with Gasteiger partial charge in [0.1, 0.15) is 0 Å². The first-order chi connectivity index (χ1) is 9.99. The number of hydrogen-bond acceptors (Lipinski definition) is 3. The highest BCUT2D eigenvalue weighted by atomic mass is 35.5. The fourth-order valence-corrected chi connectivity index (χ4v) is 2.86. The van der Waals surface area contributed by atoms with E-state index in [4.69, 9.17) is 11.6 Å². The summed E-state index contributed by atoms with van der Waals surface area (Å²) in [5.74, 6) is 0. The SMILES string of the molecule is Cc1n[nH]c(C)c1[C@@H](C)n1cnc2cc(Cl)ccc2c1=O. The lowest BCUT2D eigenvalue weighted by atomic mass is 10.1. The number of rotatable bonds is 2. The third-order valence-electron chi connectivity index (χ3n) is 3.77. The van der Waals surface area contributed by atoms with E-state index in [-0.39, 0.29) is 11.6 Å². The summed E-state index contributed by atoms with van der Waals surface area (Å²) in [4.78, 5) is 17.0. The molecule has 2 aromatic heterocycles. The Morgan fingerprint density at radius 3 is 2.76 bits per heavy atom. The highest BCUT2D eigenvalue weighted by Gasteiger charge is 2.18. The molecule has 1 atom stereocenters. The van der Waals surface area contributed by atoms with Gasteiger partial charge in [-0.05, 0) is 39.0 Å². The average molecular weight is 303 g/mol. The van der Waals surface area contributed by atoms with Gasteiger partial charge in [-0.1, -0.05) is 11.6 Å². The summed E-state index contributed by atoms with van der Waals surface area (Å²) in [7, 11) is 0. The molecule has 2 heterocycles. The van der Waals surface area contributed by atoms with E-state index >= 15 is 0 Å². The highest BCUT2D eigenvalue weighted by Crippen LogP contribution is 2.22. The van der Waals surface area contributed by atoms with Crippen LogP contribution in [0.5, 0.6) is 0 Å². The molecule has 0 radical (unpaired) electrons. The molecule has 0 aliphatic rings. The van der Waals surface area contributed by atoms with Crippen molar-refractivity contribution >= 4 is 22.5 Å². The van der Waals surface area contributed by atoms with Crippen LogP contribution in [0.4, 0.5) is 0 Å². The highest BCUT2D eigenvalue weighted by molar-refractivity contribution is 6.31. The summed E-state index contributed by atoms with van der Waals surface area (Å²) in [6, 6.07) is 4.98. The number of aromatic amines is 1. The number of nitrogens with one attached hydrogen (secondary N) is 1. The first-order valence-electron chi connectivity index (χ1n) is 6.67. The van der Waals surface area contributed by atoms with Gasteiger partial charge in [-0.2, -0.15) is 5.10 Å². The molecule has 108 valence electrons. The van der Waals surface area contributed by atoms with Crippen LogP contribution in [-0.2, 0) is 0 Å². The van der Waals surface area contributed by atoms with Crippen molar-refractivity contribution in [2.75, 3.05) is 0 Å². The summed E-state index contributed by atoms with van der Waals surface area (Å²) in [6.07, 6.45) is 1.57. The molecule has 3 rings (SSSR count). The first-order valence-corrected chi connectivity index (χ1v) is 7.04. The Labute approximate surface area is 126 Å². The lowest BCUT2D eigenvalue weighted by molar-refractivity contribution is 0.603. The van der Waals surface area contributed by atoms with Gasteiger partial charge < -0.3 is 0 Å². The predicted molar refractivity (Wildman–Crippen MR) is 82.9 cm³/mol. The van der Waals surface area contributed by atoms with Crippen LogP contribution in [0, 0.1) is 13.8 Å². The fraction of sp³-hybridized carbons (Fsp3) is 0.267. The zero-order valence-corrected chi connectivity index (χ0v) is 12.8. The van der Waals surface area contributed by atoms with E-state index < -0.39 is 0 Å². The largest absolute Gasteiger partial charge is 0.291 e. The summed E-state index contributed by atoms with van der Waals surface area (Å²) < 4.78 is 1.63. The summed E-state index contributed by atoms with van der Waals surface area (Å²) in [5.41, 5.74) is 3.40. The molecule has 0 fully saturated rings. The molecule has 0 aliphatic carbocycles. The van der Waals surface area contributed by atoms with Gasteiger partial charge in [0.15, 0.2) is 0 Å². The van der Waals surface area contributed by atoms with E-state index in [2.05, 4.69) is 15.2 Å². The predicted octanol–water partition coefficient (Wildman–Crippen LogP) is 3.00. The topological polar surface area (TPSA) is 63.6 Å². The number of benzene rings is 1. The van der Waals surface area contributed by atoms with Gasteiger partial charge in [-0.25, -0.2) is 4.98 Å². The number of nitrogens with zero attached hydrogens (tertiary/aromatic N) is 3. The average Bonchev–Trinajstić information content (AvgIpc) is 2.77. The summed E-state index contributed by atoms with van der Waals surface area (Å²) in [6.45, 7) is 5.84. The van der Waals surface area contributed by atoms with Crippen LogP contribution < -0.4 is 5.56 Å². The molecular formula is C15H15ClN4O. The van der Waals surface area contributed by atoms with Gasteiger partial charge >= 0.3 is 0 Å². The van der Waals surface area contributed by atoms with E-state index in [0.717, 1.165) is 17.0 Å². The Morgan fingerprint density at radius 2 is 2.10 bits per heavy atom. The maximum Gasteiger partial charge on any atom is 0.261 e. The lowest BCUT2D eigenvalue weighted by Gasteiger charge is -2.16. The standard InChI is InChI=1S/C15H15ClN4O/c1-8-14(9(2)19-18-8)10(3)20-7-17-13-6-11(16)4-5-12(13)15(20)21/h4-7,10H,1-3H3,(H,18,19)/t10-/m1/s1. The maximum atomic E-state index is 12.6. The molecule has 0 spiro atoms. The van der Waals surface area contributed by atoms with Crippen LogP contribution in [0.3, 0.4) is 0 Å². The molecule has 0 amide bonds. The van der Waals surface area contributed by atoms with Gasteiger partial charge in [0, 0.05) is 16.3 Å². The van der Waals surface area contributed by atoms with Gasteiger partial charge in [-0.15, -0.1) is 0 Å². The number of halogens is 1. The Hall–Kier alpha value is -2.14. The van der Waals surface area contributed by atoms with Crippen molar-refractivity contribution in [3.8, 4) is 0 Å². The van der Waals surface area contributed by atoms with Crippen molar-refractivity contribution in [3.05, 3.63) is 56.9 Å². The van der Waals surface area contributed by atoms with Crippen molar-refractivity contribution in [2.45, 2.75) is 26.8 Å². The number of aromatic nitrogens is 4. The van der Waals surface area contributed by atoms with Crippen LogP contribution >= 0.6 is 11.6 Å². The molecule has 1 N–H and O–H groups in total. The second kappa shape index (κ2) is 5.00. The molecule has 0 saturated carbocycles. The minimum atomic E-state index is -0.135. The molecule has 0 unspecified atom stereocenters. The molecule has 1 aromatic carbocycles. The van der Waals surface area contributed by atoms with E-state index in [0.29, 0.717) is 15.9 Å². The molecular weight excluding hydrogens is 288 g/mol. The normalized spacial score (nSPS) is 12.8. The van der Waals surface area contributed by atoms with Crippen LogP contribution in [0.15, 0.2) is 29.3 Å². The van der Waals surface area contributed by atoms with Crippen molar-refractivity contribution in [1.29, 1.82) is 0 Å². The van der Waals surface area contributed by atoms with Crippen molar-refractivity contribution < 1.29 is 0 Å². The first kappa shape index (κ1) is 13.8. The maximum absolute atomic E-state index is 12.6. The van der Waals surface area contributed by atoms with Gasteiger partial charge in [0.25, 0.3) is 5.56 Å². The number of hydrogen-bond donors (Lipinski definition) is 1. The van der Waals surface area contributed by atoms with E-state index in [9.17, 15) is 4.79 Å². The molecule has 5 nitrogen and oxygen atoms in total. The van der Waals surface area contributed by atoms with Crippen LogP contribution in [-0.4, -0.2) is 19.7 Å². The van der Waals surface area contributed by atoms with Crippen LogP contribution in [0.25, 0.3) is 10.9 Å². The van der Waals surface area contributed by atoms with Gasteiger partial charge in [0.05, 0.1) is 29.0 Å². The second-order valence-electron chi connectivity index (χ2n) is 5.14. The lowest BCUT2D eigenvalue weighted by Crippen LogP contribution is -2.25. The number of aryl methyl sites for hydroxylation is 2. The monoisotopic (exact) mass is 302 g/mol. The van der Waals surface area contributed by atoms with E-state index in [1.165, 1.54) is 0 Å². The molecule has 0 bridgehead atoms. The number of H-pyrrole nitrogens is 1. The minimum absolute atomic E-state index is 0.0795. The Balaban J connectivity index is 2.20. The van der Waals surface area contributed by atoms with E-state index in [1.54, 1.807) is 29.1 Å². The van der Waals surface area contributed by atoms with Gasteiger partial charge in [-0.3, -0.25) is 14.5 Å². The zero-order valence-electron chi connectivity index (χ0n) is 12.0. The van der Waals surface area contributed by atoms with Crippen molar-refractivity contribution in [3.63, 3.8) is 0 Å². The summed E-state index contributed by atoms with van der Waals surface area (Å²) in [5, 5.41) is 8.27. The Kier molecular flexibility index (Phi) is 3.29. The molecule has 3 aromatic rings. The molecule has 6 heteroatoms. The van der Waals surface area contributed by atoms with Crippen molar-refractivity contribution in [2.24, 2.45) is 0 Å². The molecule has 0 aliphatic heterocycles. The van der Waals surface area contributed by atoms with Crippen LogP contribution in [0.1, 0.15) is 29.9 Å². The smallest absolute Gasteiger partial charge is 0.261 e. The fourth-order valence-electron chi connectivity index (χ4n) is 2.70. The Bertz CT molecular complexity index is 862. The van der Waals surface area contributed by atoms with E-state index in [1.807, 2.05) is 20.8 Å². The van der Waals surface area contributed by atoms with Crippen molar-refractivity contribution in [1.82, 2.24) is 19.7 Å². The van der Waals surface area contributed by atoms with Crippen LogP contribution in [0.2, 0.25) is 5.02 Å². The molecule has 0 saturated heterocycles. The van der Waals surface area contributed by atoms with Gasteiger partial charge in [0.2, 0.25) is 0 Å². The second-order valence-corrected chi connectivity index (χ2v) is 5.58. The zero-order chi connectivity index (χ0) is 15.1. The third kappa shape index (κ3) is 2.23. The minimum Gasteiger partial charge on any atom is -0.291 e. The Morgan fingerprint density at radius 1 is 1.33 bits per heavy atom. The number of fused-ring (bicyclic) bond motifs is 1. The third-order valence-corrected chi connectivity index (χ3v) is 4.00. The molecule has 21 heavy (non-hydrogen) atoms.